The minimum Gasteiger partial charge on any atom is -0.369 e. The van der Waals surface area contributed by atoms with Crippen LogP contribution in [0.1, 0.15) is 31.2 Å². The third-order valence-corrected chi connectivity index (χ3v) is 4.49. The first-order chi connectivity index (χ1) is 10.6. The van der Waals surface area contributed by atoms with Crippen LogP contribution in [0.4, 0.5) is 0 Å². The Hall–Kier alpha value is -1.88. The summed E-state index contributed by atoms with van der Waals surface area (Å²) < 4.78 is 0. The predicted molar refractivity (Wildman–Crippen MR) is 85.6 cm³/mol. The van der Waals surface area contributed by atoms with E-state index >= 15 is 0 Å². The van der Waals surface area contributed by atoms with E-state index in [1.165, 1.54) is 5.56 Å². The summed E-state index contributed by atoms with van der Waals surface area (Å²) in [4.78, 5) is 25.9. The van der Waals surface area contributed by atoms with Crippen LogP contribution in [0.3, 0.4) is 0 Å². The summed E-state index contributed by atoms with van der Waals surface area (Å²) in [6, 6.07) is 10.00. The van der Waals surface area contributed by atoms with Crippen molar-refractivity contribution in [1.82, 2.24) is 4.90 Å². The summed E-state index contributed by atoms with van der Waals surface area (Å²) in [5, 5.41) is 0. The van der Waals surface area contributed by atoms with Gasteiger partial charge in [-0.2, -0.15) is 0 Å². The van der Waals surface area contributed by atoms with Gasteiger partial charge >= 0.3 is 0 Å². The number of carbonyl (C=O) groups is 2. The molecule has 1 aliphatic carbocycles. The van der Waals surface area contributed by atoms with Crippen LogP contribution in [-0.4, -0.2) is 29.9 Å². The number of hydrogen-bond acceptors (Lipinski definition) is 3. The molecule has 1 aromatic carbocycles. The first-order valence-corrected chi connectivity index (χ1v) is 7.95. The molecule has 0 aliphatic heterocycles. The van der Waals surface area contributed by atoms with Gasteiger partial charge < -0.3 is 16.4 Å². The van der Waals surface area contributed by atoms with Crippen LogP contribution in [0, 0.1) is 11.8 Å². The summed E-state index contributed by atoms with van der Waals surface area (Å²) in [7, 11) is 0. The van der Waals surface area contributed by atoms with Crippen LogP contribution >= 0.6 is 0 Å². The number of benzene rings is 1. The lowest BCUT2D eigenvalue weighted by Crippen LogP contribution is -2.46. The van der Waals surface area contributed by atoms with E-state index in [4.69, 9.17) is 11.5 Å². The highest BCUT2D eigenvalue weighted by atomic mass is 16.2. The molecule has 2 rings (SSSR count). The highest BCUT2D eigenvalue weighted by molar-refractivity contribution is 5.87. The van der Waals surface area contributed by atoms with Gasteiger partial charge in [-0.15, -0.1) is 0 Å². The Kier molecular flexibility index (Phi) is 5.95. The molecule has 5 nitrogen and oxygen atoms in total. The van der Waals surface area contributed by atoms with E-state index in [-0.39, 0.29) is 30.3 Å². The van der Waals surface area contributed by atoms with Crippen molar-refractivity contribution in [2.45, 2.75) is 32.1 Å². The average Bonchev–Trinajstić information content (AvgIpc) is 2.56. The van der Waals surface area contributed by atoms with Gasteiger partial charge in [0.25, 0.3) is 0 Å². The van der Waals surface area contributed by atoms with E-state index in [1.807, 2.05) is 30.3 Å². The molecule has 2 amide bonds. The lowest BCUT2D eigenvalue weighted by atomic mass is 9.78. The number of rotatable bonds is 6. The number of carbonyl (C=O) groups excluding carboxylic acids is 2. The van der Waals surface area contributed by atoms with Crippen LogP contribution in [0.15, 0.2) is 30.3 Å². The summed E-state index contributed by atoms with van der Waals surface area (Å²) >= 11 is 0. The highest BCUT2D eigenvalue weighted by Crippen LogP contribution is 2.31. The molecule has 1 fully saturated rings. The van der Waals surface area contributed by atoms with Crippen molar-refractivity contribution in [3.05, 3.63) is 35.9 Å². The summed E-state index contributed by atoms with van der Waals surface area (Å²) in [6.07, 6.45) is 4.14. The molecule has 0 saturated heterocycles. The largest absolute Gasteiger partial charge is 0.369 e. The lowest BCUT2D eigenvalue weighted by molar-refractivity contribution is -0.142. The molecular formula is C17H25N3O2. The van der Waals surface area contributed by atoms with E-state index in [0.717, 1.165) is 25.7 Å². The van der Waals surface area contributed by atoms with Crippen molar-refractivity contribution in [3.63, 3.8) is 0 Å². The minimum absolute atomic E-state index is 0.0260. The fourth-order valence-corrected chi connectivity index (χ4v) is 3.20. The first kappa shape index (κ1) is 16.5. The van der Waals surface area contributed by atoms with Crippen molar-refractivity contribution in [2.24, 2.45) is 23.3 Å². The van der Waals surface area contributed by atoms with Gasteiger partial charge in [0.2, 0.25) is 11.8 Å². The second-order valence-electron chi connectivity index (χ2n) is 5.92. The van der Waals surface area contributed by atoms with Crippen molar-refractivity contribution in [2.75, 3.05) is 13.2 Å². The van der Waals surface area contributed by atoms with Gasteiger partial charge in [-0.3, -0.25) is 9.59 Å². The summed E-state index contributed by atoms with van der Waals surface area (Å²) in [6.45, 7) is 0.745. The predicted octanol–water partition coefficient (Wildman–Crippen LogP) is 1.27. The molecule has 120 valence electrons. The van der Waals surface area contributed by atoms with Gasteiger partial charge in [0, 0.05) is 18.4 Å². The Bertz CT molecular complexity index is 504. The number of hydrogen-bond donors (Lipinski definition) is 2. The molecule has 0 heterocycles. The SMILES string of the molecule is NCN(CCc1ccccc1)C(=O)[C@@H]1CCCCC1C(N)=O. The van der Waals surface area contributed by atoms with Crippen molar-refractivity contribution in [1.29, 1.82) is 0 Å². The van der Waals surface area contributed by atoms with Gasteiger partial charge in [-0.1, -0.05) is 43.2 Å². The number of nitrogens with zero attached hydrogens (tertiary/aromatic N) is 1. The maximum Gasteiger partial charge on any atom is 0.227 e. The molecule has 0 aromatic heterocycles. The normalized spacial score (nSPS) is 21.3. The van der Waals surface area contributed by atoms with Gasteiger partial charge in [-0.05, 0) is 24.8 Å². The number of primary amides is 1. The molecule has 1 unspecified atom stereocenters. The molecule has 5 heteroatoms. The lowest BCUT2D eigenvalue weighted by Gasteiger charge is -2.32. The fraction of sp³-hybridized carbons (Fsp3) is 0.529. The van der Waals surface area contributed by atoms with Crippen LogP contribution < -0.4 is 11.5 Å². The van der Waals surface area contributed by atoms with E-state index in [0.29, 0.717) is 13.0 Å². The number of amides is 2. The summed E-state index contributed by atoms with van der Waals surface area (Å²) in [5.41, 5.74) is 12.4. The fourth-order valence-electron chi connectivity index (χ4n) is 3.20. The molecule has 1 aromatic rings. The smallest absolute Gasteiger partial charge is 0.227 e. The van der Waals surface area contributed by atoms with Crippen molar-refractivity contribution < 1.29 is 9.59 Å². The molecule has 0 radical (unpaired) electrons. The maximum absolute atomic E-state index is 12.7. The van der Waals surface area contributed by atoms with Gasteiger partial charge in [0.15, 0.2) is 0 Å². The van der Waals surface area contributed by atoms with Crippen molar-refractivity contribution >= 4 is 11.8 Å². The molecule has 1 saturated carbocycles. The topological polar surface area (TPSA) is 89.4 Å². The van der Waals surface area contributed by atoms with Crippen molar-refractivity contribution in [3.8, 4) is 0 Å². The second kappa shape index (κ2) is 7.94. The monoisotopic (exact) mass is 303 g/mol. The first-order valence-electron chi connectivity index (χ1n) is 7.95. The maximum atomic E-state index is 12.7. The van der Waals surface area contributed by atoms with E-state index < -0.39 is 0 Å². The Labute approximate surface area is 131 Å². The van der Waals surface area contributed by atoms with Crippen LogP contribution in [0.2, 0.25) is 0 Å². The molecule has 0 bridgehead atoms. The standard InChI is InChI=1S/C17H25N3O2/c18-12-20(11-10-13-6-2-1-3-7-13)17(22)15-9-5-4-8-14(15)16(19)21/h1-3,6-7,14-15H,4-5,8-12,18H2,(H2,19,21)/t14?,15-/m1/s1. The minimum atomic E-state index is -0.363. The third kappa shape index (κ3) is 4.07. The third-order valence-electron chi connectivity index (χ3n) is 4.49. The molecule has 1 aliphatic rings. The number of nitrogens with two attached hydrogens (primary N) is 2. The average molecular weight is 303 g/mol. The molecule has 0 spiro atoms. The van der Waals surface area contributed by atoms with Crippen LogP contribution in [-0.2, 0) is 16.0 Å². The molecule has 22 heavy (non-hydrogen) atoms. The van der Waals surface area contributed by atoms with Gasteiger partial charge in [0.05, 0.1) is 6.67 Å². The molecule has 4 N–H and O–H groups in total. The van der Waals surface area contributed by atoms with Gasteiger partial charge in [-0.25, -0.2) is 0 Å². The van der Waals surface area contributed by atoms with Crippen LogP contribution in [0.5, 0.6) is 0 Å². The Morgan fingerprint density at radius 2 is 1.73 bits per heavy atom. The zero-order chi connectivity index (χ0) is 15.9. The Morgan fingerprint density at radius 1 is 1.09 bits per heavy atom. The quantitative estimate of drug-likeness (QED) is 0.775. The molecule has 2 atom stereocenters. The van der Waals surface area contributed by atoms with E-state index in [9.17, 15) is 9.59 Å². The highest BCUT2D eigenvalue weighted by Gasteiger charge is 2.36. The van der Waals surface area contributed by atoms with Gasteiger partial charge in [0.1, 0.15) is 0 Å². The Morgan fingerprint density at radius 3 is 2.32 bits per heavy atom. The van der Waals surface area contributed by atoms with E-state index in [1.54, 1.807) is 4.90 Å². The zero-order valence-electron chi connectivity index (χ0n) is 12.9. The summed E-state index contributed by atoms with van der Waals surface area (Å²) in [5.74, 6) is -1.03. The van der Waals surface area contributed by atoms with E-state index in [2.05, 4.69) is 0 Å². The zero-order valence-corrected chi connectivity index (χ0v) is 12.9. The second-order valence-corrected chi connectivity index (χ2v) is 5.92. The van der Waals surface area contributed by atoms with Crippen LogP contribution in [0.25, 0.3) is 0 Å². The Balaban J connectivity index is 1.99. The molecular weight excluding hydrogens is 278 g/mol.